The van der Waals surface area contributed by atoms with Crippen LogP contribution in [0.25, 0.3) is 4.85 Å². The number of carbonyl (C=O) groups excluding carboxylic acids is 1. The van der Waals surface area contributed by atoms with Gasteiger partial charge in [0.2, 0.25) is 7.98 Å². The normalized spacial score (nSPS) is 19.9. The van der Waals surface area contributed by atoms with Crippen molar-refractivity contribution in [3.63, 3.8) is 0 Å². The molecule has 0 fully saturated rings. The standard InChI is InChI=1S/C9H12BN3O/c1-9(2)7(14)6(11-3)8(12(4)5)13(9)10/h1-2,4-5H3. The SMILES string of the molecule is [B]N1C(N(C)C)=C([N+]#[C-])C(=O)C1(C)C. The Kier molecular flexibility index (Phi) is 2.32. The summed E-state index contributed by atoms with van der Waals surface area (Å²) in [6, 6.07) is 0. The van der Waals surface area contributed by atoms with Gasteiger partial charge in [0.1, 0.15) is 0 Å². The van der Waals surface area contributed by atoms with Crippen molar-refractivity contribution in [2.45, 2.75) is 19.4 Å². The van der Waals surface area contributed by atoms with E-state index in [2.05, 4.69) is 4.85 Å². The predicted molar refractivity (Wildman–Crippen MR) is 54.0 cm³/mol. The van der Waals surface area contributed by atoms with E-state index < -0.39 is 5.54 Å². The Morgan fingerprint density at radius 2 is 2.00 bits per heavy atom. The van der Waals surface area contributed by atoms with Gasteiger partial charge in [0, 0.05) is 14.1 Å². The summed E-state index contributed by atoms with van der Waals surface area (Å²) in [6.07, 6.45) is 0. The van der Waals surface area contributed by atoms with Crippen molar-refractivity contribution in [3.05, 3.63) is 22.9 Å². The van der Waals surface area contributed by atoms with Crippen LogP contribution in [-0.2, 0) is 4.79 Å². The van der Waals surface area contributed by atoms with Gasteiger partial charge in [-0.2, -0.15) is 0 Å². The molecule has 14 heavy (non-hydrogen) atoms. The molecule has 0 saturated heterocycles. The monoisotopic (exact) mass is 189 g/mol. The highest BCUT2D eigenvalue weighted by molar-refractivity contribution is 6.16. The van der Waals surface area contributed by atoms with Crippen molar-refractivity contribution in [2.75, 3.05) is 14.1 Å². The van der Waals surface area contributed by atoms with E-state index in [0.29, 0.717) is 5.82 Å². The maximum Gasteiger partial charge on any atom is 0.269 e. The number of carbonyl (C=O) groups is 1. The first-order valence-corrected chi connectivity index (χ1v) is 4.22. The third kappa shape index (κ3) is 1.18. The molecule has 2 radical (unpaired) electrons. The second-order valence-electron chi connectivity index (χ2n) is 3.94. The lowest BCUT2D eigenvalue weighted by molar-refractivity contribution is -0.120. The maximum atomic E-state index is 11.8. The predicted octanol–water partition coefficient (Wildman–Crippen LogP) is 0.383. The average Bonchev–Trinajstić information content (AvgIpc) is 2.26. The number of ketones is 1. The minimum absolute atomic E-state index is 0.113. The Balaban J connectivity index is 3.31. The van der Waals surface area contributed by atoms with Crippen LogP contribution < -0.4 is 0 Å². The molecular weight excluding hydrogens is 177 g/mol. The minimum atomic E-state index is -0.820. The smallest absolute Gasteiger partial charge is 0.269 e. The first-order valence-electron chi connectivity index (χ1n) is 4.22. The molecular formula is C9H12BN3O. The zero-order chi connectivity index (χ0) is 11.1. The zero-order valence-corrected chi connectivity index (χ0v) is 8.83. The number of rotatable bonds is 1. The summed E-state index contributed by atoms with van der Waals surface area (Å²) in [5.74, 6) is 0.258. The van der Waals surface area contributed by atoms with Gasteiger partial charge in [0.15, 0.2) is 5.78 Å². The molecule has 1 rings (SSSR count). The summed E-state index contributed by atoms with van der Waals surface area (Å²) in [5, 5.41) is 0. The van der Waals surface area contributed by atoms with Crippen molar-refractivity contribution < 1.29 is 4.79 Å². The minimum Gasteiger partial charge on any atom is -0.411 e. The number of hydrogen-bond donors (Lipinski definition) is 0. The van der Waals surface area contributed by atoms with Gasteiger partial charge in [0.25, 0.3) is 5.70 Å². The van der Waals surface area contributed by atoms with Crippen molar-refractivity contribution in [2.24, 2.45) is 0 Å². The molecule has 0 aliphatic carbocycles. The van der Waals surface area contributed by atoms with E-state index in [4.69, 9.17) is 14.6 Å². The molecule has 0 atom stereocenters. The molecule has 72 valence electrons. The van der Waals surface area contributed by atoms with Gasteiger partial charge in [-0.15, -0.1) is 0 Å². The van der Waals surface area contributed by atoms with Crippen LogP contribution in [-0.4, -0.2) is 43.1 Å². The van der Waals surface area contributed by atoms with Crippen LogP contribution in [0.15, 0.2) is 11.5 Å². The van der Waals surface area contributed by atoms with Gasteiger partial charge in [-0.25, -0.2) is 4.85 Å². The fraction of sp³-hybridized carbons (Fsp3) is 0.556. The molecule has 0 saturated carbocycles. The van der Waals surface area contributed by atoms with Crippen LogP contribution in [0.1, 0.15) is 13.8 Å². The lowest BCUT2D eigenvalue weighted by Gasteiger charge is -2.34. The van der Waals surface area contributed by atoms with E-state index in [1.807, 2.05) is 0 Å². The topological polar surface area (TPSA) is 27.9 Å². The Labute approximate surface area is 85.4 Å². The van der Waals surface area contributed by atoms with Gasteiger partial charge in [-0.1, -0.05) is 0 Å². The molecule has 0 bridgehead atoms. The van der Waals surface area contributed by atoms with E-state index in [-0.39, 0.29) is 11.5 Å². The fourth-order valence-corrected chi connectivity index (χ4v) is 1.41. The first kappa shape index (κ1) is 10.6. The fourth-order valence-electron chi connectivity index (χ4n) is 1.41. The highest BCUT2D eigenvalue weighted by Crippen LogP contribution is 2.33. The zero-order valence-electron chi connectivity index (χ0n) is 8.83. The van der Waals surface area contributed by atoms with E-state index in [0.717, 1.165) is 0 Å². The van der Waals surface area contributed by atoms with Crippen molar-refractivity contribution >= 4 is 13.8 Å². The Morgan fingerprint density at radius 3 is 2.29 bits per heavy atom. The molecule has 1 heterocycles. The second-order valence-corrected chi connectivity index (χ2v) is 3.94. The van der Waals surface area contributed by atoms with Crippen LogP contribution in [0.4, 0.5) is 0 Å². The molecule has 1 aliphatic heterocycles. The van der Waals surface area contributed by atoms with Gasteiger partial charge in [-0.05, 0) is 13.8 Å². The van der Waals surface area contributed by atoms with Crippen molar-refractivity contribution in [3.8, 4) is 0 Å². The molecule has 4 nitrogen and oxygen atoms in total. The quantitative estimate of drug-likeness (QED) is 0.441. The molecule has 0 aromatic carbocycles. The molecule has 0 N–H and O–H groups in total. The Hall–Kier alpha value is -1.44. The van der Waals surface area contributed by atoms with Gasteiger partial charge in [-0.3, -0.25) is 0 Å². The summed E-state index contributed by atoms with van der Waals surface area (Å²) in [4.78, 5) is 18.0. The summed E-state index contributed by atoms with van der Waals surface area (Å²) >= 11 is 0. The molecule has 0 aromatic heterocycles. The third-order valence-electron chi connectivity index (χ3n) is 2.35. The van der Waals surface area contributed by atoms with Gasteiger partial charge >= 0.3 is 0 Å². The lowest BCUT2D eigenvalue weighted by Crippen LogP contribution is -2.44. The van der Waals surface area contributed by atoms with Gasteiger partial charge in [0.05, 0.1) is 17.9 Å². The highest BCUT2D eigenvalue weighted by atomic mass is 16.1. The lowest BCUT2D eigenvalue weighted by atomic mass is 9.97. The average molecular weight is 189 g/mol. The van der Waals surface area contributed by atoms with E-state index in [1.54, 1.807) is 32.8 Å². The van der Waals surface area contributed by atoms with Crippen molar-refractivity contribution in [1.29, 1.82) is 0 Å². The number of hydrogen-bond acceptors (Lipinski definition) is 3. The summed E-state index contributed by atoms with van der Waals surface area (Å²) in [7, 11) is 9.30. The van der Waals surface area contributed by atoms with Crippen LogP contribution in [0.5, 0.6) is 0 Å². The molecule has 5 heteroatoms. The Bertz CT molecular complexity index is 352. The van der Waals surface area contributed by atoms with Gasteiger partial charge < -0.3 is 14.5 Å². The van der Waals surface area contributed by atoms with Crippen LogP contribution in [0.3, 0.4) is 0 Å². The maximum absolute atomic E-state index is 11.8. The second kappa shape index (κ2) is 3.05. The summed E-state index contributed by atoms with van der Waals surface area (Å²) in [5.41, 5.74) is -0.707. The van der Waals surface area contributed by atoms with E-state index in [9.17, 15) is 4.79 Å². The van der Waals surface area contributed by atoms with E-state index >= 15 is 0 Å². The number of Topliss-reactive ketones (excluding diaryl/α,β-unsaturated/α-hetero) is 1. The molecule has 1 aliphatic rings. The first-order chi connectivity index (χ1) is 6.34. The van der Waals surface area contributed by atoms with Crippen molar-refractivity contribution in [1.82, 2.24) is 9.71 Å². The van der Waals surface area contributed by atoms with Crippen LogP contribution in [0, 0.1) is 6.57 Å². The molecule has 0 aromatic rings. The Morgan fingerprint density at radius 1 is 1.50 bits per heavy atom. The van der Waals surface area contributed by atoms with Crippen LogP contribution in [0.2, 0.25) is 0 Å². The largest absolute Gasteiger partial charge is 0.411 e. The highest BCUT2D eigenvalue weighted by Gasteiger charge is 2.44. The molecule has 0 unspecified atom stereocenters. The summed E-state index contributed by atoms with van der Waals surface area (Å²) in [6.45, 7) is 10.4. The number of nitrogens with zero attached hydrogens (tertiary/aromatic N) is 3. The third-order valence-corrected chi connectivity index (χ3v) is 2.35. The molecule has 0 amide bonds. The summed E-state index contributed by atoms with van der Waals surface area (Å²) < 4.78 is 0. The van der Waals surface area contributed by atoms with Crippen LogP contribution >= 0.6 is 0 Å². The molecule has 0 spiro atoms. The van der Waals surface area contributed by atoms with E-state index in [1.165, 1.54) is 4.81 Å².